The van der Waals surface area contributed by atoms with Gasteiger partial charge in [-0.2, -0.15) is 0 Å². The molecule has 0 aliphatic heterocycles. The number of nitrogens with one attached hydrogen (secondary N) is 2. The van der Waals surface area contributed by atoms with Crippen molar-refractivity contribution in [1.29, 1.82) is 0 Å². The third-order valence-corrected chi connectivity index (χ3v) is 3.99. The van der Waals surface area contributed by atoms with Gasteiger partial charge in [0.2, 0.25) is 5.91 Å². The van der Waals surface area contributed by atoms with Gasteiger partial charge in [-0.25, -0.2) is 0 Å². The molecule has 0 spiro atoms. The van der Waals surface area contributed by atoms with Crippen LogP contribution in [0.2, 0.25) is 0 Å². The average molecular weight is 408 g/mol. The number of aliphatic imine (C=N–C) groups is 1. The first-order valence-electron chi connectivity index (χ1n) is 8.10. The topological polar surface area (TPSA) is 79.5 Å². The number of hydrogen-bond donors (Lipinski definition) is 3. The summed E-state index contributed by atoms with van der Waals surface area (Å²) in [7, 11) is 0. The van der Waals surface area contributed by atoms with Gasteiger partial charge < -0.3 is 16.4 Å². The minimum atomic E-state index is 0. The molecule has 21 heavy (non-hydrogen) atoms. The first-order valence-corrected chi connectivity index (χ1v) is 8.10. The molecule has 0 aromatic rings. The summed E-state index contributed by atoms with van der Waals surface area (Å²) in [6.45, 7) is 0.629. The number of halogens is 1. The molecular formula is C15H29IN4O. The molecule has 2 aliphatic carbocycles. The minimum Gasteiger partial charge on any atom is -0.370 e. The van der Waals surface area contributed by atoms with E-state index in [0.29, 0.717) is 31.0 Å². The van der Waals surface area contributed by atoms with Gasteiger partial charge >= 0.3 is 0 Å². The Morgan fingerprint density at radius 2 is 1.62 bits per heavy atom. The maximum Gasteiger partial charge on any atom is 0.220 e. The second kappa shape index (κ2) is 10.2. The molecule has 0 bridgehead atoms. The molecule has 2 rings (SSSR count). The summed E-state index contributed by atoms with van der Waals surface area (Å²) in [6.07, 6.45) is 11.2. The van der Waals surface area contributed by atoms with Crippen molar-refractivity contribution < 1.29 is 4.79 Å². The van der Waals surface area contributed by atoms with E-state index in [-0.39, 0.29) is 29.9 Å². The van der Waals surface area contributed by atoms with E-state index in [2.05, 4.69) is 15.6 Å². The Morgan fingerprint density at radius 3 is 2.24 bits per heavy atom. The lowest BCUT2D eigenvalue weighted by molar-refractivity contribution is -0.121. The number of carbonyl (C=O) groups excluding carboxylic acids is 1. The van der Waals surface area contributed by atoms with Crippen LogP contribution < -0.4 is 16.4 Å². The smallest absolute Gasteiger partial charge is 0.220 e. The second-order valence-corrected chi connectivity index (χ2v) is 6.05. The van der Waals surface area contributed by atoms with Crippen LogP contribution in [0.4, 0.5) is 0 Å². The van der Waals surface area contributed by atoms with E-state index in [0.717, 1.165) is 19.3 Å². The molecule has 0 unspecified atom stereocenters. The van der Waals surface area contributed by atoms with Crippen molar-refractivity contribution in [1.82, 2.24) is 10.6 Å². The maximum absolute atomic E-state index is 11.5. The number of rotatable bonds is 6. The van der Waals surface area contributed by atoms with Gasteiger partial charge in [0.1, 0.15) is 0 Å². The number of nitrogens with zero attached hydrogens (tertiary/aromatic N) is 1. The van der Waals surface area contributed by atoms with Crippen molar-refractivity contribution in [3.05, 3.63) is 0 Å². The molecule has 2 fully saturated rings. The fourth-order valence-corrected chi connectivity index (χ4v) is 2.65. The molecule has 2 aliphatic rings. The Bertz CT molecular complexity index is 337. The Labute approximate surface area is 144 Å². The lowest BCUT2D eigenvalue weighted by Gasteiger charge is -2.16. The molecule has 4 N–H and O–H groups in total. The van der Waals surface area contributed by atoms with Gasteiger partial charge in [0, 0.05) is 25.0 Å². The van der Waals surface area contributed by atoms with Crippen molar-refractivity contribution in [2.75, 3.05) is 6.54 Å². The fraction of sp³-hybridized carbons (Fsp3) is 0.867. The summed E-state index contributed by atoms with van der Waals surface area (Å²) in [6, 6.07) is 0.937. The molecule has 122 valence electrons. The van der Waals surface area contributed by atoms with Crippen LogP contribution in [0, 0.1) is 0 Å². The number of hydrogen-bond acceptors (Lipinski definition) is 2. The number of guanidine groups is 1. The molecule has 0 heterocycles. The first kappa shape index (κ1) is 18.5. The van der Waals surface area contributed by atoms with Crippen LogP contribution in [0.15, 0.2) is 4.99 Å². The number of carbonyl (C=O) groups is 1. The zero-order chi connectivity index (χ0) is 14.2. The molecule has 5 nitrogen and oxygen atoms in total. The van der Waals surface area contributed by atoms with Crippen LogP contribution in [0.5, 0.6) is 0 Å². The summed E-state index contributed by atoms with van der Waals surface area (Å²) in [5, 5.41) is 6.30. The Hall–Kier alpha value is -0.530. The van der Waals surface area contributed by atoms with Crippen molar-refractivity contribution in [2.24, 2.45) is 10.7 Å². The van der Waals surface area contributed by atoms with E-state index >= 15 is 0 Å². The number of amides is 1. The summed E-state index contributed by atoms with van der Waals surface area (Å²) in [4.78, 5) is 15.8. The molecule has 1 amide bonds. The predicted molar refractivity (Wildman–Crippen MR) is 96.9 cm³/mol. The Morgan fingerprint density at radius 1 is 1.00 bits per heavy atom. The van der Waals surface area contributed by atoms with Gasteiger partial charge in [0.25, 0.3) is 0 Å². The summed E-state index contributed by atoms with van der Waals surface area (Å²) >= 11 is 0. The Balaban J connectivity index is 0.00000220. The monoisotopic (exact) mass is 408 g/mol. The van der Waals surface area contributed by atoms with Gasteiger partial charge in [0.05, 0.1) is 0 Å². The SMILES string of the molecule is I.NC(=NCCCC(=O)NC1CC1)NC1CCCCCC1. The van der Waals surface area contributed by atoms with E-state index < -0.39 is 0 Å². The first-order chi connectivity index (χ1) is 9.74. The summed E-state index contributed by atoms with van der Waals surface area (Å²) < 4.78 is 0. The predicted octanol–water partition coefficient (Wildman–Crippen LogP) is 2.29. The largest absolute Gasteiger partial charge is 0.370 e. The summed E-state index contributed by atoms with van der Waals surface area (Å²) in [5.41, 5.74) is 5.90. The van der Waals surface area contributed by atoms with Crippen molar-refractivity contribution in [2.45, 2.75) is 76.3 Å². The molecule has 0 atom stereocenters. The third kappa shape index (κ3) is 8.48. The van der Waals surface area contributed by atoms with Crippen molar-refractivity contribution in [3.8, 4) is 0 Å². The average Bonchev–Trinajstić information content (AvgIpc) is 3.23. The highest BCUT2D eigenvalue weighted by atomic mass is 127. The van der Waals surface area contributed by atoms with Gasteiger partial charge in [-0.05, 0) is 32.1 Å². The van der Waals surface area contributed by atoms with Crippen LogP contribution in [-0.4, -0.2) is 30.5 Å². The molecule has 6 heteroatoms. The highest BCUT2D eigenvalue weighted by Crippen LogP contribution is 2.18. The van der Waals surface area contributed by atoms with E-state index in [1.165, 1.54) is 38.5 Å². The van der Waals surface area contributed by atoms with Gasteiger partial charge in [-0.1, -0.05) is 25.7 Å². The van der Waals surface area contributed by atoms with E-state index in [9.17, 15) is 4.79 Å². The lowest BCUT2D eigenvalue weighted by Crippen LogP contribution is -2.39. The van der Waals surface area contributed by atoms with Crippen LogP contribution >= 0.6 is 24.0 Å². The molecule has 0 saturated heterocycles. The van der Waals surface area contributed by atoms with Crippen LogP contribution in [0.25, 0.3) is 0 Å². The van der Waals surface area contributed by atoms with Gasteiger partial charge in [0.15, 0.2) is 5.96 Å². The molecule has 2 saturated carbocycles. The normalized spacial score (nSPS) is 20.3. The molecule has 0 aromatic carbocycles. The molecule has 0 aromatic heterocycles. The van der Waals surface area contributed by atoms with Crippen molar-refractivity contribution in [3.63, 3.8) is 0 Å². The van der Waals surface area contributed by atoms with Gasteiger partial charge in [-0.3, -0.25) is 9.79 Å². The van der Waals surface area contributed by atoms with Crippen LogP contribution in [0.3, 0.4) is 0 Å². The van der Waals surface area contributed by atoms with Crippen molar-refractivity contribution >= 4 is 35.8 Å². The zero-order valence-corrected chi connectivity index (χ0v) is 15.1. The zero-order valence-electron chi connectivity index (χ0n) is 12.8. The second-order valence-electron chi connectivity index (χ2n) is 6.05. The molecule has 0 radical (unpaired) electrons. The number of nitrogens with two attached hydrogens (primary N) is 1. The highest BCUT2D eigenvalue weighted by Gasteiger charge is 2.22. The van der Waals surface area contributed by atoms with Crippen LogP contribution in [-0.2, 0) is 4.79 Å². The van der Waals surface area contributed by atoms with E-state index in [1.807, 2.05) is 0 Å². The van der Waals surface area contributed by atoms with E-state index in [4.69, 9.17) is 5.73 Å². The quantitative estimate of drug-likeness (QED) is 0.208. The maximum atomic E-state index is 11.5. The minimum absolute atomic E-state index is 0. The summed E-state index contributed by atoms with van der Waals surface area (Å²) in [5.74, 6) is 0.692. The highest BCUT2D eigenvalue weighted by molar-refractivity contribution is 14.0. The van der Waals surface area contributed by atoms with Gasteiger partial charge in [-0.15, -0.1) is 24.0 Å². The third-order valence-electron chi connectivity index (χ3n) is 3.99. The van der Waals surface area contributed by atoms with Crippen LogP contribution in [0.1, 0.15) is 64.2 Å². The lowest BCUT2D eigenvalue weighted by atomic mass is 10.1. The molecular weight excluding hydrogens is 379 g/mol. The Kier molecular flexibility index (Phi) is 9.03. The standard InChI is InChI=1S/C15H28N4O.HI/c16-15(19-12-6-3-1-2-4-7-12)17-11-5-8-14(20)18-13-9-10-13;/h12-13H,1-11H2,(H,18,20)(H3,16,17,19);1H. The van der Waals surface area contributed by atoms with E-state index in [1.54, 1.807) is 0 Å². The fourth-order valence-electron chi connectivity index (χ4n) is 2.65.